The summed E-state index contributed by atoms with van der Waals surface area (Å²) in [5.74, 6) is 2.92. The first-order valence-electron chi connectivity index (χ1n) is 8.86. The van der Waals surface area contributed by atoms with E-state index in [1.54, 1.807) is 0 Å². The van der Waals surface area contributed by atoms with Gasteiger partial charge in [-0.25, -0.2) is 0 Å². The summed E-state index contributed by atoms with van der Waals surface area (Å²) < 4.78 is 10.8. The largest absolute Gasteiger partial charge is 0.491 e. The minimum atomic E-state index is -0.0983. The third-order valence-electron chi connectivity index (χ3n) is 4.27. The van der Waals surface area contributed by atoms with Crippen molar-refractivity contribution in [2.24, 2.45) is 5.92 Å². The quantitative estimate of drug-likeness (QED) is 0.797. The van der Waals surface area contributed by atoms with E-state index in [9.17, 15) is 4.79 Å². The zero-order valence-corrected chi connectivity index (χ0v) is 15.0. The minimum Gasteiger partial charge on any atom is -0.491 e. The van der Waals surface area contributed by atoms with Crippen molar-refractivity contribution in [3.05, 3.63) is 41.5 Å². The van der Waals surface area contributed by atoms with Crippen LogP contribution in [0.4, 0.5) is 0 Å². The van der Waals surface area contributed by atoms with Crippen molar-refractivity contribution in [2.75, 3.05) is 6.54 Å². The van der Waals surface area contributed by atoms with Gasteiger partial charge in [0.2, 0.25) is 11.8 Å². The number of carbonyl (C=O) groups is 1. The highest BCUT2D eigenvalue weighted by atomic mass is 16.5. The molecule has 1 heterocycles. The average Bonchev–Trinajstić information content (AvgIpc) is 3.11. The maximum Gasteiger partial charge on any atom is 0.236 e. The molecule has 1 aromatic heterocycles. The summed E-state index contributed by atoms with van der Waals surface area (Å²) in [6, 6.07) is 7.95. The van der Waals surface area contributed by atoms with Crippen LogP contribution in [0.25, 0.3) is 0 Å². The van der Waals surface area contributed by atoms with E-state index >= 15 is 0 Å². The van der Waals surface area contributed by atoms with E-state index < -0.39 is 0 Å². The van der Waals surface area contributed by atoms with Crippen molar-refractivity contribution in [2.45, 2.75) is 52.1 Å². The van der Waals surface area contributed by atoms with Crippen molar-refractivity contribution >= 4 is 5.91 Å². The van der Waals surface area contributed by atoms with Crippen molar-refractivity contribution in [3.63, 3.8) is 0 Å². The van der Waals surface area contributed by atoms with Gasteiger partial charge in [-0.1, -0.05) is 24.2 Å². The number of hydrogen-bond donors (Lipinski definition) is 1. The molecule has 1 saturated carbocycles. The molecule has 25 heavy (non-hydrogen) atoms. The molecule has 134 valence electrons. The molecule has 1 N–H and O–H groups in total. The topological polar surface area (TPSA) is 77.2 Å². The second kappa shape index (κ2) is 7.68. The molecule has 0 bridgehead atoms. The van der Waals surface area contributed by atoms with Crippen LogP contribution in [0.5, 0.6) is 5.75 Å². The van der Waals surface area contributed by atoms with Gasteiger partial charge in [-0.15, -0.1) is 0 Å². The van der Waals surface area contributed by atoms with Gasteiger partial charge in [-0.2, -0.15) is 4.98 Å². The minimum absolute atomic E-state index is 0.0983. The van der Waals surface area contributed by atoms with Crippen molar-refractivity contribution in [1.82, 2.24) is 15.5 Å². The molecule has 0 spiro atoms. The summed E-state index contributed by atoms with van der Waals surface area (Å²) in [4.78, 5) is 16.3. The Bertz CT molecular complexity index is 709. The van der Waals surface area contributed by atoms with Crippen LogP contribution in [-0.4, -0.2) is 28.7 Å². The van der Waals surface area contributed by atoms with Crippen LogP contribution in [0.2, 0.25) is 0 Å². The molecule has 2 aromatic rings. The number of benzene rings is 1. The Kier molecular flexibility index (Phi) is 5.36. The zero-order chi connectivity index (χ0) is 17.8. The smallest absolute Gasteiger partial charge is 0.236 e. The number of aromatic nitrogens is 2. The molecule has 0 saturated heterocycles. The molecule has 6 nitrogen and oxygen atoms in total. The van der Waals surface area contributed by atoms with Crippen LogP contribution in [0.1, 0.15) is 50.4 Å². The van der Waals surface area contributed by atoms with Gasteiger partial charge in [0.25, 0.3) is 0 Å². The van der Waals surface area contributed by atoms with Crippen molar-refractivity contribution in [1.29, 1.82) is 0 Å². The summed E-state index contributed by atoms with van der Waals surface area (Å²) in [6.07, 6.45) is 2.17. The van der Waals surface area contributed by atoms with Crippen LogP contribution in [-0.2, 0) is 17.6 Å². The Morgan fingerprint density at radius 1 is 1.36 bits per heavy atom. The third kappa shape index (κ3) is 5.05. The molecule has 3 rings (SSSR count). The molecule has 0 radical (unpaired) electrons. The number of ether oxygens (including phenoxy) is 1. The first-order chi connectivity index (χ1) is 12.0. The Morgan fingerprint density at radius 3 is 2.72 bits per heavy atom. The highest BCUT2D eigenvalue weighted by molar-refractivity contribution is 5.77. The third-order valence-corrected chi connectivity index (χ3v) is 4.27. The average molecular weight is 343 g/mol. The highest BCUT2D eigenvalue weighted by Crippen LogP contribution is 2.45. The molecular formula is C19H25N3O3. The van der Waals surface area contributed by atoms with Gasteiger partial charge < -0.3 is 14.6 Å². The van der Waals surface area contributed by atoms with Crippen LogP contribution in [0.3, 0.4) is 0 Å². The lowest BCUT2D eigenvalue weighted by atomic mass is 10.1. The van der Waals surface area contributed by atoms with Crippen molar-refractivity contribution < 1.29 is 14.1 Å². The van der Waals surface area contributed by atoms with Crippen LogP contribution in [0, 0.1) is 5.92 Å². The molecule has 1 aromatic carbocycles. The van der Waals surface area contributed by atoms with Gasteiger partial charge >= 0.3 is 0 Å². The standard InChI is InChI=1S/C19H25N3O3/c1-12(2)24-15-6-4-14(5-7-15)8-9-20-17(23)11-18-21-19(22-25-18)16-10-13(16)3/h4-7,12-13,16H,8-11H2,1-3H3,(H,20,23). The Labute approximate surface area is 148 Å². The number of rotatable bonds is 8. The number of nitrogens with one attached hydrogen (secondary N) is 1. The molecular weight excluding hydrogens is 318 g/mol. The molecule has 2 unspecified atom stereocenters. The second-order valence-electron chi connectivity index (χ2n) is 6.95. The van der Waals surface area contributed by atoms with Gasteiger partial charge in [-0.05, 0) is 50.3 Å². The van der Waals surface area contributed by atoms with E-state index in [1.165, 1.54) is 0 Å². The van der Waals surface area contributed by atoms with Crippen LogP contribution >= 0.6 is 0 Å². The Morgan fingerprint density at radius 2 is 2.08 bits per heavy atom. The summed E-state index contributed by atoms with van der Waals surface area (Å²) >= 11 is 0. The monoisotopic (exact) mass is 343 g/mol. The van der Waals surface area contributed by atoms with E-state index in [4.69, 9.17) is 9.26 Å². The van der Waals surface area contributed by atoms with E-state index in [0.29, 0.717) is 24.3 Å². The molecule has 1 aliphatic carbocycles. The van der Waals surface area contributed by atoms with E-state index in [1.807, 2.05) is 38.1 Å². The Hall–Kier alpha value is -2.37. The molecule has 1 fully saturated rings. The van der Waals surface area contributed by atoms with E-state index in [2.05, 4.69) is 22.4 Å². The lowest BCUT2D eigenvalue weighted by Crippen LogP contribution is -2.27. The number of amides is 1. The summed E-state index contributed by atoms with van der Waals surface area (Å²) in [5.41, 5.74) is 1.15. The predicted molar refractivity (Wildman–Crippen MR) is 93.4 cm³/mol. The van der Waals surface area contributed by atoms with E-state index in [0.717, 1.165) is 30.0 Å². The predicted octanol–water partition coefficient (Wildman–Crippen LogP) is 2.88. The van der Waals surface area contributed by atoms with Crippen molar-refractivity contribution in [3.8, 4) is 5.75 Å². The van der Waals surface area contributed by atoms with Gasteiger partial charge in [0.15, 0.2) is 5.82 Å². The fraction of sp³-hybridized carbons (Fsp3) is 0.526. The zero-order valence-electron chi connectivity index (χ0n) is 15.0. The number of carbonyl (C=O) groups excluding carboxylic acids is 1. The first-order valence-corrected chi connectivity index (χ1v) is 8.86. The first kappa shape index (κ1) is 17.5. The fourth-order valence-electron chi connectivity index (χ4n) is 2.73. The number of hydrogen-bond acceptors (Lipinski definition) is 5. The Balaban J connectivity index is 1.39. The maximum atomic E-state index is 12.0. The summed E-state index contributed by atoms with van der Waals surface area (Å²) in [6.45, 7) is 6.74. The van der Waals surface area contributed by atoms with Crippen LogP contribution < -0.4 is 10.1 Å². The molecule has 2 atom stereocenters. The van der Waals surface area contributed by atoms with Gasteiger partial charge in [-0.3, -0.25) is 4.79 Å². The van der Waals surface area contributed by atoms with E-state index in [-0.39, 0.29) is 18.4 Å². The fourth-order valence-corrected chi connectivity index (χ4v) is 2.73. The summed E-state index contributed by atoms with van der Waals surface area (Å²) in [5, 5.41) is 6.85. The maximum absolute atomic E-state index is 12.0. The lowest BCUT2D eigenvalue weighted by Gasteiger charge is -2.10. The van der Waals surface area contributed by atoms with Gasteiger partial charge in [0.1, 0.15) is 12.2 Å². The number of nitrogens with zero attached hydrogens (tertiary/aromatic N) is 2. The summed E-state index contributed by atoms with van der Waals surface area (Å²) in [7, 11) is 0. The normalized spacial score (nSPS) is 19.0. The molecule has 6 heteroatoms. The molecule has 0 aliphatic heterocycles. The molecule has 1 aliphatic rings. The molecule has 1 amide bonds. The van der Waals surface area contributed by atoms with Gasteiger partial charge in [0, 0.05) is 12.5 Å². The van der Waals surface area contributed by atoms with Crippen LogP contribution in [0.15, 0.2) is 28.8 Å². The highest BCUT2D eigenvalue weighted by Gasteiger charge is 2.38. The second-order valence-corrected chi connectivity index (χ2v) is 6.95. The van der Waals surface area contributed by atoms with Gasteiger partial charge in [0.05, 0.1) is 6.10 Å². The lowest BCUT2D eigenvalue weighted by molar-refractivity contribution is -0.120. The SMILES string of the molecule is CC(C)Oc1ccc(CCNC(=O)Cc2nc(C3CC3C)no2)cc1.